The summed E-state index contributed by atoms with van der Waals surface area (Å²) >= 11 is 0. The number of hydrogen-bond donors (Lipinski definition) is 11. The van der Waals surface area contributed by atoms with Gasteiger partial charge in [0.1, 0.15) is 48.0 Å². The lowest BCUT2D eigenvalue weighted by Gasteiger charge is -2.31. The van der Waals surface area contributed by atoms with Crippen molar-refractivity contribution in [2.24, 2.45) is 17.4 Å². The first-order valence-corrected chi connectivity index (χ1v) is 25.0. The van der Waals surface area contributed by atoms with Gasteiger partial charge in [-0.1, -0.05) is 54.0 Å². The molecular weight excluding hydrogens is 929 g/mol. The van der Waals surface area contributed by atoms with Crippen molar-refractivity contribution in [3.63, 3.8) is 0 Å². The number of aliphatic hydroxyl groups excluding tert-OH is 1. The van der Waals surface area contributed by atoms with Gasteiger partial charge in [-0.2, -0.15) is 0 Å². The fraction of sp³-hybridized carbons (Fsp3) is 0.628. The molecule has 2 heterocycles. The molecule has 0 saturated carbocycles. The number of nitrogens with one attached hydrogen (secondary N) is 7. The normalized spacial score (nSPS) is 23.8. The molecule has 0 spiro atoms. The summed E-state index contributed by atoms with van der Waals surface area (Å²) in [6, 6.07) is -2.91. The van der Waals surface area contributed by atoms with E-state index in [9.17, 15) is 58.2 Å². The van der Waals surface area contributed by atoms with Crippen LogP contribution in [0.2, 0.25) is 0 Å². The second-order valence-corrected chi connectivity index (χ2v) is 19.1. The van der Waals surface area contributed by atoms with Gasteiger partial charge in [-0.05, 0) is 69.7 Å². The molecule has 1 aromatic rings. The smallest absolute Gasteiger partial charge is 0.305 e. The van der Waals surface area contributed by atoms with Crippen LogP contribution in [0.1, 0.15) is 78.2 Å². The first kappa shape index (κ1) is 56.7. The summed E-state index contributed by atoms with van der Waals surface area (Å²) in [4.78, 5) is 135. The van der Waals surface area contributed by atoms with Gasteiger partial charge in [0.25, 0.3) is 0 Å². The number of primary amides is 1. The van der Waals surface area contributed by atoms with Gasteiger partial charge in [-0.25, -0.2) is 0 Å². The van der Waals surface area contributed by atoms with Gasteiger partial charge in [0.15, 0.2) is 0 Å². The van der Waals surface area contributed by atoms with E-state index in [1.807, 2.05) is 6.92 Å². The number of nitrogens with zero attached hydrogens (tertiary/aromatic N) is 1. The summed E-state index contributed by atoms with van der Waals surface area (Å²) in [5.74, 6) is -8.89. The first-order chi connectivity index (χ1) is 32.3. The number of carboxylic acid groups (broad SMARTS) is 1. The number of nitrogens with two attached hydrogens (primary N) is 2. The molecular formula is C43H66N10O13S2. The van der Waals surface area contributed by atoms with Crippen LogP contribution in [-0.2, 0) is 54.4 Å². The highest BCUT2D eigenvalue weighted by molar-refractivity contribution is 8.76. The van der Waals surface area contributed by atoms with E-state index in [0.29, 0.717) is 37.2 Å². The van der Waals surface area contributed by atoms with Crippen molar-refractivity contribution in [1.82, 2.24) is 42.1 Å². The molecule has 0 radical (unpaired) electrons. The third-order valence-electron chi connectivity index (χ3n) is 11.1. The average Bonchev–Trinajstić information content (AvgIpc) is 3.79. The Kier molecular flexibility index (Phi) is 23.8. The fourth-order valence-electron chi connectivity index (χ4n) is 7.27. The maximum absolute atomic E-state index is 14.4. The van der Waals surface area contributed by atoms with Crippen molar-refractivity contribution >= 4 is 80.7 Å². The zero-order chi connectivity index (χ0) is 50.5. The van der Waals surface area contributed by atoms with Crippen molar-refractivity contribution in [1.29, 1.82) is 0 Å². The summed E-state index contributed by atoms with van der Waals surface area (Å²) in [7, 11) is 2.22. The zero-order valence-electron chi connectivity index (χ0n) is 38.7. The molecule has 2 aliphatic heterocycles. The number of carbonyl (C=O) groups is 10. The fourth-order valence-corrected chi connectivity index (χ4v) is 9.41. The van der Waals surface area contributed by atoms with E-state index in [1.54, 1.807) is 38.1 Å². The van der Waals surface area contributed by atoms with Gasteiger partial charge >= 0.3 is 5.97 Å². The Labute approximate surface area is 402 Å². The number of ether oxygens (including phenoxy) is 1. The molecule has 378 valence electrons. The quantitative estimate of drug-likeness (QED) is 0.0681. The molecule has 2 saturated heterocycles. The van der Waals surface area contributed by atoms with E-state index < -0.39 is 126 Å². The second-order valence-electron chi connectivity index (χ2n) is 16.4. The maximum Gasteiger partial charge on any atom is 0.305 e. The monoisotopic (exact) mass is 994 g/mol. The van der Waals surface area contributed by atoms with Crippen molar-refractivity contribution in [3.8, 4) is 5.75 Å². The van der Waals surface area contributed by atoms with Gasteiger partial charge in [0.05, 0.1) is 25.7 Å². The highest BCUT2D eigenvalue weighted by Crippen LogP contribution is 2.26. The number of aliphatic carboxylic acids is 1. The lowest BCUT2D eigenvalue weighted by molar-refractivity contribution is -0.143. The second kappa shape index (κ2) is 28.6. The average molecular weight is 995 g/mol. The molecule has 23 nitrogen and oxygen atoms in total. The van der Waals surface area contributed by atoms with Crippen molar-refractivity contribution < 1.29 is 62.9 Å². The van der Waals surface area contributed by atoms with Crippen LogP contribution >= 0.6 is 21.6 Å². The van der Waals surface area contributed by atoms with Gasteiger partial charge in [-0.3, -0.25) is 47.9 Å². The van der Waals surface area contributed by atoms with Crippen LogP contribution in [0.3, 0.4) is 0 Å². The Balaban J connectivity index is 1.99. The third-order valence-corrected chi connectivity index (χ3v) is 13.6. The summed E-state index contributed by atoms with van der Waals surface area (Å²) < 4.78 is 5.53. The van der Waals surface area contributed by atoms with Crippen molar-refractivity contribution in [3.05, 3.63) is 29.8 Å². The molecule has 9 atom stereocenters. The van der Waals surface area contributed by atoms with E-state index >= 15 is 0 Å². The van der Waals surface area contributed by atoms with Gasteiger partial charge in [0.2, 0.25) is 53.2 Å². The van der Waals surface area contributed by atoms with E-state index in [-0.39, 0.29) is 50.3 Å². The zero-order valence-corrected chi connectivity index (χ0v) is 40.3. The van der Waals surface area contributed by atoms with Crippen LogP contribution in [0.15, 0.2) is 24.3 Å². The molecule has 2 fully saturated rings. The predicted octanol–water partition coefficient (Wildman–Crippen LogP) is -2.45. The predicted molar refractivity (Wildman–Crippen MR) is 251 cm³/mol. The number of aliphatic hydroxyl groups is 1. The first-order valence-electron chi connectivity index (χ1n) is 22.5. The van der Waals surface area contributed by atoms with Crippen molar-refractivity contribution in [2.45, 2.75) is 127 Å². The van der Waals surface area contributed by atoms with Gasteiger partial charge < -0.3 is 68.5 Å². The Morgan fingerprint density at radius 2 is 1.56 bits per heavy atom. The Morgan fingerprint density at radius 3 is 2.18 bits per heavy atom. The third kappa shape index (κ3) is 18.1. The Hall–Kier alpha value is -5.66. The van der Waals surface area contributed by atoms with Gasteiger partial charge in [-0.15, -0.1) is 0 Å². The molecule has 9 amide bonds. The minimum Gasteiger partial charge on any atom is -0.494 e. The van der Waals surface area contributed by atoms with Crippen molar-refractivity contribution in [2.75, 3.05) is 37.7 Å². The highest BCUT2D eigenvalue weighted by Gasteiger charge is 2.41. The maximum atomic E-state index is 14.4. The topological polar surface area (TPSA) is 360 Å². The van der Waals surface area contributed by atoms with Crippen LogP contribution in [-0.4, -0.2) is 160 Å². The summed E-state index contributed by atoms with van der Waals surface area (Å²) in [5, 5.41) is 38.2. The molecule has 0 unspecified atom stereocenters. The molecule has 0 aliphatic carbocycles. The SMILES string of the molecule is CCOc1ccc(C[C@H]2NC(=O)CCSSC[C@@H](C(=O)N3CCC[C@H]3C(=O)N[C@@H](CCCN)C(=O)NCC(N)=O)NC(=O)[C@@H](CC(=O)O)NC(=O)[C@H]([C@@H](C)O)NC(=O)[C@H]([C@@H](C)CC)NC2=O)cc1. The molecule has 13 N–H and O–H groups in total. The molecule has 3 rings (SSSR count). The number of rotatable bonds is 18. The minimum atomic E-state index is -1.85. The van der Waals surface area contributed by atoms with Crippen LogP contribution in [0.5, 0.6) is 5.75 Å². The molecule has 68 heavy (non-hydrogen) atoms. The molecule has 25 heteroatoms. The van der Waals surface area contributed by atoms with Gasteiger partial charge in [0, 0.05) is 30.9 Å². The number of amides is 9. The number of carbonyl (C=O) groups excluding carboxylic acids is 9. The lowest BCUT2D eigenvalue weighted by Crippen LogP contribution is -2.62. The Morgan fingerprint density at radius 1 is 0.897 bits per heavy atom. The summed E-state index contributed by atoms with van der Waals surface area (Å²) in [6.07, 6.45) is -1.40. The summed E-state index contributed by atoms with van der Waals surface area (Å²) in [5.41, 5.74) is 11.5. The van der Waals surface area contributed by atoms with E-state index in [2.05, 4.69) is 37.2 Å². The van der Waals surface area contributed by atoms with Crippen LogP contribution in [0.25, 0.3) is 0 Å². The van der Waals surface area contributed by atoms with E-state index in [0.717, 1.165) is 21.6 Å². The number of hydrogen-bond acceptors (Lipinski definition) is 15. The highest BCUT2D eigenvalue weighted by atomic mass is 33.1. The number of likely N-dealkylation sites (tertiary alicyclic amines) is 1. The largest absolute Gasteiger partial charge is 0.494 e. The molecule has 2 aliphatic rings. The standard InChI is InChI=1S/C43H66N10O13S2/c1-5-23(3)35-41(63)52-36(24(4)54)42(64)49-29(20-34(57)58)38(60)50-30(43(65)53-17-8-10-31(53)40(62)48-27(9-7-16-44)37(59)46-21-32(45)55)22-68-67-18-15-33(56)47-28(39(61)51-35)19-25-11-13-26(14-12-25)66-6-2/h11-14,23-24,27-31,35-36,54H,5-10,15-22,44H2,1-4H3,(H2,45,55)(H,46,59)(H,47,56)(H,48,62)(H,49,64)(H,50,60)(H,51,61)(H,52,63)(H,57,58)/t23-,24+,27-,28+,29+,30-,31-,35-,36-/m0/s1. The lowest BCUT2D eigenvalue weighted by atomic mass is 9.96. The number of benzene rings is 1. The van der Waals surface area contributed by atoms with Crippen LogP contribution in [0, 0.1) is 5.92 Å². The summed E-state index contributed by atoms with van der Waals surface area (Å²) in [6.45, 7) is 6.62. The minimum absolute atomic E-state index is 0.0141. The molecule has 0 aromatic heterocycles. The molecule has 0 bridgehead atoms. The van der Waals surface area contributed by atoms with E-state index in [1.165, 1.54) is 11.8 Å². The van der Waals surface area contributed by atoms with Crippen LogP contribution < -0.4 is 53.4 Å². The number of carboxylic acids is 1. The molecule has 1 aromatic carbocycles. The Bertz CT molecular complexity index is 1950. The van der Waals surface area contributed by atoms with E-state index in [4.69, 9.17) is 16.2 Å². The van der Waals surface area contributed by atoms with Crippen LogP contribution in [0.4, 0.5) is 0 Å².